The predicted octanol–water partition coefficient (Wildman–Crippen LogP) is 1.98. The van der Waals surface area contributed by atoms with Gasteiger partial charge in [-0.3, -0.25) is 25.0 Å². The van der Waals surface area contributed by atoms with Crippen LogP contribution in [0.5, 0.6) is 0 Å². The van der Waals surface area contributed by atoms with Crippen LogP contribution in [0.15, 0.2) is 48.0 Å². The molecule has 0 radical (unpaired) electrons. The molecule has 2 aromatic carbocycles. The predicted molar refractivity (Wildman–Crippen MR) is 118 cm³/mol. The molecule has 0 atom stereocenters. The number of anilines is 2. The van der Waals surface area contributed by atoms with E-state index in [0.717, 1.165) is 23.6 Å². The molecular formula is C22H21N5O5. The summed E-state index contributed by atoms with van der Waals surface area (Å²) in [5.41, 5.74) is 1.86. The standard InChI is InChI=1S/C22H21N5O5/c1-14-2-4-16(5-3-14)26-21(29)18(20(28)24-22(26)30)13-15-12-17(27(31)32)6-7-19(15)25-10-8-23-9-11-25/h2-7,12-13,23H,8-11H2,1H3,(H,24,28,30)/b18-13-. The van der Waals surface area contributed by atoms with Crippen molar-refractivity contribution in [1.29, 1.82) is 0 Å². The molecule has 0 aromatic heterocycles. The number of nitro groups is 1. The Morgan fingerprint density at radius 2 is 1.72 bits per heavy atom. The molecule has 4 amide bonds. The highest BCUT2D eigenvalue weighted by Gasteiger charge is 2.37. The lowest BCUT2D eigenvalue weighted by Gasteiger charge is -2.31. The number of carbonyl (C=O) groups excluding carboxylic acids is 3. The molecule has 0 saturated carbocycles. The summed E-state index contributed by atoms with van der Waals surface area (Å²) < 4.78 is 0. The summed E-state index contributed by atoms with van der Waals surface area (Å²) >= 11 is 0. The first-order chi connectivity index (χ1) is 15.3. The Bertz CT molecular complexity index is 1140. The molecule has 2 fully saturated rings. The van der Waals surface area contributed by atoms with Gasteiger partial charge in [-0.25, -0.2) is 9.69 Å². The molecule has 4 rings (SSSR count). The van der Waals surface area contributed by atoms with E-state index in [4.69, 9.17) is 0 Å². The minimum absolute atomic E-state index is 0.161. The van der Waals surface area contributed by atoms with Gasteiger partial charge in [-0.15, -0.1) is 0 Å². The van der Waals surface area contributed by atoms with Crippen molar-refractivity contribution >= 4 is 41.0 Å². The summed E-state index contributed by atoms with van der Waals surface area (Å²) in [5, 5.41) is 16.7. The number of imide groups is 2. The van der Waals surface area contributed by atoms with Crippen molar-refractivity contribution < 1.29 is 19.3 Å². The number of amides is 4. The van der Waals surface area contributed by atoms with Crippen molar-refractivity contribution in [3.05, 3.63) is 69.3 Å². The highest BCUT2D eigenvalue weighted by Crippen LogP contribution is 2.30. The van der Waals surface area contributed by atoms with E-state index in [0.29, 0.717) is 30.0 Å². The maximum absolute atomic E-state index is 13.2. The Balaban J connectivity index is 1.78. The van der Waals surface area contributed by atoms with Crippen LogP contribution >= 0.6 is 0 Å². The minimum atomic E-state index is -0.846. The number of hydrogen-bond donors (Lipinski definition) is 2. The summed E-state index contributed by atoms with van der Waals surface area (Å²) in [7, 11) is 0. The van der Waals surface area contributed by atoms with Gasteiger partial charge in [-0.05, 0) is 31.2 Å². The summed E-state index contributed by atoms with van der Waals surface area (Å²) in [6.07, 6.45) is 1.32. The molecule has 0 spiro atoms. The van der Waals surface area contributed by atoms with Gasteiger partial charge in [-0.1, -0.05) is 17.7 Å². The van der Waals surface area contributed by atoms with Crippen LogP contribution in [0.4, 0.5) is 21.9 Å². The molecule has 2 saturated heterocycles. The van der Waals surface area contributed by atoms with Gasteiger partial charge in [-0.2, -0.15) is 0 Å². The van der Waals surface area contributed by atoms with E-state index < -0.39 is 22.8 Å². The summed E-state index contributed by atoms with van der Waals surface area (Å²) in [4.78, 5) is 51.8. The number of barbiturate groups is 1. The van der Waals surface area contributed by atoms with Gasteiger partial charge in [0.25, 0.3) is 17.5 Å². The number of nitrogens with zero attached hydrogens (tertiary/aromatic N) is 3. The van der Waals surface area contributed by atoms with E-state index in [1.165, 1.54) is 18.2 Å². The van der Waals surface area contributed by atoms with Crippen molar-refractivity contribution in [3.63, 3.8) is 0 Å². The third-order valence-corrected chi connectivity index (χ3v) is 5.37. The van der Waals surface area contributed by atoms with Crippen molar-refractivity contribution in [2.45, 2.75) is 6.92 Å². The molecule has 2 heterocycles. The minimum Gasteiger partial charge on any atom is -0.368 e. The number of urea groups is 1. The second kappa shape index (κ2) is 8.60. The number of non-ortho nitro benzene ring substituents is 1. The van der Waals surface area contributed by atoms with Crippen LogP contribution in [0, 0.1) is 17.0 Å². The maximum Gasteiger partial charge on any atom is 0.335 e. The van der Waals surface area contributed by atoms with Gasteiger partial charge in [0.1, 0.15) is 5.57 Å². The summed E-state index contributed by atoms with van der Waals surface area (Å²) in [6, 6.07) is 10.2. The van der Waals surface area contributed by atoms with E-state index in [2.05, 4.69) is 10.6 Å². The average Bonchev–Trinajstić information content (AvgIpc) is 2.78. The summed E-state index contributed by atoms with van der Waals surface area (Å²) in [6.45, 7) is 4.69. The first-order valence-electron chi connectivity index (χ1n) is 10.1. The third kappa shape index (κ3) is 4.08. The zero-order chi connectivity index (χ0) is 22.8. The molecule has 10 heteroatoms. The van der Waals surface area contributed by atoms with Crippen molar-refractivity contribution in [1.82, 2.24) is 10.6 Å². The second-order valence-electron chi connectivity index (χ2n) is 7.53. The van der Waals surface area contributed by atoms with Crippen LogP contribution in [0.1, 0.15) is 11.1 Å². The van der Waals surface area contributed by atoms with Gasteiger partial charge in [0.2, 0.25) is 0 Å². The van der Waals surface area contributed by atoms with Crippen molar-refractivity contribution in [2.24, 2.45) is 0 Å². The molecule has 0 bridgehead atoms. The molecule has 0 unspecified atom stereocenters. The Kier molecular flexibility index (Phi) is 5.69. The highest BCUT2D eigenvalue weighted by molar-refractivity contribution is 6.39. The fraction of sp³-hybridized carbons (Fsp3) is 0.227. The third-order valence-electron chi connectivity index (χ3n) is 5.37. The Hall–Kier alpha value is -4.05. The fourth-order valence-electron chi connectivity index (χ4n) is 3.71. The number of rotatable bonds is 4. The van der Waals surface area contributed by atoms with E-state index in [1.54, 1.807) is 30.3 Å². The van der Waals surface area contributed by atoms with Crippen LogP contribution in [0.2, 0.25) is 0 Å². The lowest BCUT2D eigenvalue weighted by atomic mass is 10.0. The van der Waals surface area contributed by atoms with Crippen LogP contribution in [0.25, 0.3) is 6.08 Å². The number of piperazine rings is 1. The zero-order valence-corrected chi connectivity index (χ0v) is 17.3. The van der Waals surface area contributed by atoms with Crippen LogP contribution in [-0.2, 0) is 9.59 Å². The molecule has 10 nitrogen and oxygen atoms in total. The van der Waals surface area contributed by atoms with E-state index in [-0.39, 0.29) is 11.3 Å². The normalized spacial score (nSPS) is 18.2. The Morgan fingerprint density at radius 3 is 2.38 bits per heavy atom. The molecule has 32 heavy (non-hydrogen) atoms. The second-order valence-corrected chi connectivity index (χ2v) is 7.53. The van der Waals surface area contributed by atoms with Gasteiger partial charge in [0.05, 0.1) is 10.6 Å². The van der Waals surface area contributed by atoms with Gasteiger partial charge in [0, 0.05) is 49.6 Å². The van der Waals surface area contributed by atoms with E-state index in [1.807, 2.05) is 11.8 Å². The van der Waals surface area contributed by atoms with Gasteiger partial charge >= 0.3 is 6.03 Å². The molecule has 2 aliphatic rings. The molecule has 2 N–H and O–H groups in total. The first-order valence-corrected chi connectivity index (χ1v) is 10.1. The number of nitro benzene ring substituents is 1. The largest absolute Gasteiger partial charge is 0.368 e. The molecule has 2 aromatic rings. The van der Waals surface area contributed by atoms with E-state index in [9.17, 15) is 24.5 Å². The topological polar surface area (TPSA) is 125 Å². The number of hydrogen-bond acceptors (Lipinski definition) is 7. The Morgan fingerprint density at radius 1 is 1.03 bits per heavy atom. The smallest absolute Gasteiger partial charge is 0.335 e. The number of aryl methyl sites for hydroxylation is 1. The Labute approximate surface area is 183 Å². The van der Waals surface area contributed by atoms with Gasteiger partial charge < -0.3 is 10.2 Å². The fourth-order valence-corrected chi connectivity index (χ4v) is 3.71. The van der Waals surface area contributed by atoms with Crippen molar-refractivity contribution in [3.8, 4) is 0 Å². The first kappa shape index (κ1) is 21.2. The summed E-state index contributed by atoms with van der Waals surface area (Å²) in [5.74, 6) is -1.64. The SMILES string of the molecule is Cc1ccc(N2C(=O)NC(=O)/C(=C/c3cc([N+](=O)[O-])ccc3N3CCNCC3)C2=O)cc1. The number of nitrogens with one attached hydrogen (secondary N) is 2. The van der Waals surface area contributed by atoms with Crippen LogP contribution in [0.3, 0.4) is 0 Å². The monoisotopic (exact) mass is 435 g/mol. The molecular weight excluding hydrogens is 414 g/mol. The molecule has 164 valence electrons. The zero-order valence-electron chi connectivity index (χ0n) is 17.3. The number of carbonyl (C=O) groups is 3. The highest BCUT2D eigenvalue weighted by atomic mass is 16.6. The molecule has 0 aliphatic carbocycles. The van der Waals surface area contributed by atoms with Crippen LogP contribution in [-0.4, -0.2) is 48.9 Å². The van der Waals surface area contributed by atoms with Crippen molar-refractivity contribution in [2.75, 3.05) is 36.0 Å². The maximum atomic E-state index is 13.2. The van der Waals surface area contributed by atoms with Crippen LogP contribution < -0.4 is 20.4 Å². The van der Waals surface area contributed by atoms with E-state index >= 15 is 0 Å². The number of benzene rings is 2. The lowest BCUT2D eigenvalue weighted by Crippen LogP contribution is -2.54. The average molecular weight is 435 g/mol. The lowest BCUT2D eigenvalue weighted by molar-refractivity contribution is -0.384. The quantitative estimate of drug-likeness (QED) is 0.326. The molecule has 2 aliphatic heterocycles. The van der Waals surface area contributed by atoms with Gasteiger partial charge in [0.15, 0.2) is 0 Å².